The molecule has 1 aliphatic heterocycles. The fourth-order valence-corrected chi connectivity index (χ4v) is 6.54. The summed E-state index contributed by atoms with van der Waals surface area (Å²) in [6, 6.07) is 8.00. The van der Waals surface area contributed by atoms with E-state index in [2.05, 4.69) is 36.2 Å². The molecule has 0 aromatic carbocycles. The summed E-state index contributed by atoms with van der Waals surface area (Å²) in [6.45, 7) is 1.90. The molecule has 0 atom stereocenters. The monoisotopic (exact) mass is 504 g/mol. The summed E-state index contributed by atoms with van der Waals surface area (Å²) in [5.74, 6) is 1.05. The van der Waals surface area contributed by atoms with E-state index in [4.69, 9.17) is 4.74 Å². The van der Waals surface area contributed by atoms with Crippen LogP contribution in [-0.2, 0) is 4.74 Å². The first-order valence-electron chi connectivity index (χ1n) is 12.6. The van der Waals surface area contributed by atoms with Crippen molar-refractivity contribution in [1.29, 1.82) is 0 Å². The number of aromatic nitrogens is 4. The molecule has 1 N–H and O–H groups in total. The molecule has 36 heavy (non-hydrogen) atoms. The minimum absolute atomic E-state index is 0.283. The first-order chi connectivity index (χ1) is 17.7. The maximum absolute atomic E-state index is 14.8. The van der Waals surface area contributed by atoms with Gasteiger partial charge >= 0.3 is 0 Å². The van der Waals surface area contributed by atoms with E-state index in [0.29, 0.717) is 23.8 Å². The molecule has 7 nitrogen and oxygen atoms in total. The molecule has 1 aliphatic carbocycles. The van der Waals surface area contributed by atoms with Crippen molar-refractivity contribution in [3.05, 3.63) is 54.2 Å². The molecule has 2 fully saturated rings. The standard InChI is InChI=1S/C27H29FN6OS/c1-35-19-9-12-34(13-10-19)18-6-7-24(30-15-18)32-27-31-16-21(28)25(33-27)23-14-22-26(36-23)20(8-11-29-22)17-4-2-3-5-17/h6-8,11,14-17,19H,2-5,9-10,12-13H2,1H3,(H,30,31,32,33). The Morgan fingerprint density at radius 1 is 1.03 bits per heavy atom. The fraction of sp³-hybridized carbons (Fsp3) is 0.407. The smallest absolute Gasteiger partial charge is 0.229 e. The molecule has 0 unspecified atom stereocenters. The largest absolute Gasteiger partial charge is 0.381 e. The van der Waals surface area contributed by atoms with Crippen LogP contribution in [0.25, 0.3) is 20.8 Å². The zero-order valence-corrected chi connectivity index (χ0v) is 21.1. The van der Waals surface area contributed by atoms with Crippen LogP contribution in [0, 0.1) is 5.82 Å². The molecule has 0 radical (unpaired) electrons. The number of nitrogens with zero attached hydrogens (tertiary/aromatic N) is 5. The summed E-state index contributed by atoms with van der Waals surface area (Å²) in [5, 5.41) is 3.13. The first-order valence-corrected chi connectivity index (χ1v) is 13.4. The Hall–Kier alpha value is -3.17. The van der Waals surface area contributed by atoms with Gasteiger partial charge in [0.05, 0.1) is 39.3 Å². The normalized spacial score (nSPS) is 17.2. The molecular weight excluding hydrogens is 475 g/mol. The van der Waals surface area contributed by atoms with Crippen LogP contribution in [-0.4, -0.2) is 46.2 Å². The Morgan fingerprint density at radius 3 is 2.61 bits per heavy atom. The quantitative estimate of drug-likeness (QED) is 0.330. The summed E-state index contributed by atoms with van der Waals surface area (Å²) < 4.78 is 21.4. The molecular formula is C27H29FN6OS. The zero-order chi connectivity index (χ0) is 24.5. The van der Waals surface area contributed by atoms with Gasteiger partial charge in [-0.2, -0.15) is 0 Å². The topological polar surface area (TPSA) is 76.1 Å². The Labute approximate surface area is 213 Å². The molecule has 0 spiro atoms. The van der Waals surface area contributed by atoms with Crippen molar-refractivity contribution in [2.24, 2.45) is 0 Å². The number of nitrogens with one attached hydrogen (secondary N) is 1. The van der Waals surface area contributed by atoms with Gasteiger partial charge in [0.15, 0.2) is 5.82 Å². The third kappa shape index (κ3) is 4.65. The number of piperidine rings is 1. The van der Waals surface area contributed by atoms with E-state index >= 15 is 0 Å². The molecule has 9 heteroatoms. The predicted octanol–water partition coefficient (Wildman–Crippen LogP) is 6.30. The van der Waals surface area contributed by atoms with Gasteiger partial charge < -0.3 is 15.0 Å². The van der Waals surface area contributed by atoms with Crippen molar-refractivity contribution < 1.29 is 9.13 Å². The number of methoxy groups -OCH3 is 1. The van der Waals surface area contributed by atoms with Gasteiger partial charge in [0.25, 0.3) is 0 Å². The van der Waals surface area contributed by atoms with Gasteiger partial charge in [-0.05, 0) is 61.4 Å². The second-order valence-electron chi connectivity index (χ2n) is 9.55. The Bertz CT molecular complexity index is 1350. The number of rotatable bonds is 6. The van der Waals surface area contributed by atoms with Crippen LogP contribution in [0.1, 0.15) is 50.0 Å². The van der Waals surface area contributed by atoms with E-state index in [1.54, 1.807) is 18.4 Å². The molecule has 2 aliphatic rings. The van der Waals surface area contributed by atoms with Gasteiger partial charge in [-0.25, -0.2) is 19.3 Å². The number of ether oxygens (including phenoxy) is 1. The van der Waals surface area contributed by atoms with E-state index in [9.17, 15) is 4.39 Å². The molecule has 1 saturated carbocycles. The molecule has 4 aromatic heterocycles. The molecule has 4 aromatic rings. The van der Waals surface area contributed by atoms with E-state index < -0.39 is 5.82 Å². The van der Waals surface area contributed by atoms with Crippen molar-refractivity contribution in [2.75, 3.05) is 30.4 Å². The van der Waals surface area contributed by atoms with E-state index in [0.717, 1.165) is 46.7 Å². The predicted molar refractivity (Wildman–Crippen MR) is 142 cm³/mol. The lowest BCUT2D eigenvalue weighted by Gasteiger charge is -2.32. The molecule has 5 heterocycles. The highest BCUT2D eigenvalue weighted by Crippen LogP contribution is 2.42. The molecule has 6 rings (SSSR count). The summed E-state index contributed by atoms with van der Waals surface area (Å²) in [6.07, 6.45) is 12.2. The number of thiophene rings is 1. The third-order valence-corrected chi connectivity index (χ3v) is 8.52. The minimum atomic E-state index is -0.447. The highest BCUT2D eigenvalue weighted by atomic mass is 32.1. The molecule has 0 amide bonds. The van der Waals surface area contributed by atoms with Crippen LogP contribution in [0.5, 0.6) is 0 Å². The van der Waals surface area contributed by atoms with Crippen LogP contribution in [0.2, 0.25) is 0 Å². The number of fused-ring (bicyclic) bond motifs is 1. The van der Waals surface area contributed by atoms with Crippen molar-refractivity contribution in [3.63, 3.8) is 0 Å². The third-order valence-electron chi connectivity index (χ3n) is 7.34. The number of pyridine rings is 2. The van der Waals surface area contributed by atoms with E-state index in [-0.39, 0.29) is 5.69 Å². The SMILES string of the molecule is COC1CCN(c2ccc(Nc3ncc(F)c(-c4cc5nccc(C6CCCC6)c5s4)n3)nc2)CC1. The van der Waals surface area contributed by atoms with Crippen molar-refractivity contribution in [1.82, 2.24) is 19.9 Å². The van der Waals surface area contributed by atoms with E-state index in [1.165, 1.54) is 37.4 Å². The van der Waals surface area contributed by atoms with Crippen molar-refractivity contribution in [3.8, 4) is 10.6 Å². The second kappa shape index (κ2) is 10.1. The van der Waals surface area contributed by atoms with Gasteiger partial charge in [-0.15, -0.1) is 11.3 Å². The fourth-order valence-electron chi connectivity index (χ4n) is 5.34. The van der Waals surface area contributed by atoms with Gasteiger partial charge in [0.2, 0.25) is 5.95 Å². The summed E-state index contributed by atoms with van der Waals surface area (Å²) in [4.78, 5) is 20.8. The average molecular weight is 505 g/mol. The summed E-state index contributed by atoms with van der Waals surface area (Å²) >= 11 is 1.56. The highest BCUT2D eigenvalue weighted by molar-refractivity contribution is 7.22. The maximum Gasteiger partial charge on any atom is 0.229 e. The molecule has 1 saturated heterocycles. The molecule has 0 bridgehead atoms. The Balaban J connectivity index is 1.22. The Kier molecular flexibility index (Phi) is 6.50. The van der Waals surface area contributed by atoms with Crippen LogP contribution in [0.3, 0.4) is 0 Å². The van der Waals surface area contributed by atoms with Gasteiger partial charge in [0.1, 0.15) is 11.5 Å². The number of halogens is 1. The lowest BCUT2D eigenvalue weighted by atomic mass is 9.98. The number of hydrogen-bond donors (Lipinski definition) is 1. The van der Waals surface area contributed by atoms with Crippen molar-refractivity contribution >= 4 is 39.0 Å². The Morgan fingerprint density at radius 2 is 1.86 bits per heavy atom. The zero-order valence-electron chi connectivity index (χ0n) is 20.3. The number of hydrogen-bond acceptors (Lipinski definition) is 8. The first kappa shape index (κ1) is 23.2. The van der Waals surface area contributed by atoms with Crippen molar-refractivity contribution in [2.45, 2.75) is 50.5 Å². The van der Waals surface area contributed by atoms with Gasteiger partial charge in [-0.1, -0.05) is 12.8 Å². The maximum atomic E-state index is 14.8. The highest BCUT2D eigenvalue weighted by Gasteiger charge is 2.22. The van der Waals surface area contributed by atoms with Crippen LogP contribution in [0.15, 0.2) is 42.9 Å². The minimum Gasteiger partial charge on any atom is -0.381 e. The summed E-state index contributed by atoms with van der Waals surface area (Å²) in [5.41, 5.74) is 3.59. The molecule has 186 valence electrons. The average Bonchev–Trinajstić information content (AvgIpc) is 3.61. The second-order valence-corrected chi connectivity index (χ2v) is 10.6. The van der Waals surface area contributed by atoms with Crippen LogP contribution >= 0.6 is 11.3 Å². The van der Waals surface area contributed by atoms with Gasteiger partial charge in [0, 0.05) is 26.4 Å². The van der Waals surface area contributed by atoms with E-state index in [1.807, 2.05) is 30.6 Å². The van der Waals surface area contributed by atoms with Gasteiger partial charge in [-0.3, -0.25) is 4.98 Å². The lowest BCUT2D eigenvalue weighted by molar-refractivity contribution is 0.0819. The number of anilines is 3. The van der Waals surface area contributed by atoms with Crippen LogP contribution in [0.4, 0.5) is 21.8 Å². The van der Waals surface area contributed by atoms with Crippen LogP contribution < -0.4 is 10.2 Å². The summed E-state index contributed by atoms with van der Waals surface area (Å²) in [7, 11) is 1.77. The lowest BCUT2D eigenvalue weighted by Crippen LogP contribution is -2.36.